The maximum absolute atomic E-state index is 13.2. The zero-order valence-corrected chi connectivity index (χ0v) is 22.5. The summed E-state index contributed by atoms with van der Waals surface area (Å²) in [5.41, 5.74) is 1.40. The summed E-state index contributed by atoms with van der Waals surface area (Å²) >= 11 is 1.38. The number of hydrogen-bond donors (Lipinski definition) is 3. The van der Waals surface area contributed by atoms with E-state index in [1.54, 1.807) is 73.8 Å². The zero-order chi connectivity index (χ0) is 27.9. The van der Waals surface area contributed by atoms with Crippen LogP contribution in [0.4, 0.5) is 11.4 Å². The first-order valence-corrected chi connectivity index (χ1v) is 13.1. The summed E-state index contributed by atoms with van der Waals surface area (Å²) in [4.78, 5) is 38.9. The van der Waals surface area contributed by atoms with Crippen molar-refractivity contribution in [2.24, 2.45) is 0 Å². The highest BCUT2D eigenvalue weighted by atomic mass is 32.2. The maximum atomic E-state index is 13.2. The fourth-order valence-corrected chi connectivity index (χ4v) is 5.17. The van der Waals surface area contributed by atoms with Crippen LogP contribution in [-0.4, -0.2) is 42.4 Å². The number of amides is 2. The number of carbonyl (C=O) groups excluding carboxylic acids is 2. The summed E-state index contributed by atoms with van der Waals surface area (Å²) in [6.07, 6.45) is 0.569. The van der Waals surface area contributed by atoms with Gasteiger partial charge in [-0.25, -0.2) is 4.79 Å². The summed E-state index contributed by atoms with van der Waals surface area (Å²) in [6, 6.07) is 22.4. The molecular weight excluding hydrogens is 516 g/mol. The van der Waals surface area contributed by atoms with Crippen LogP contribution in [0.3, 0.4) is 0 Å². The first-order chi connectivity index (χ1) is 18.8. The van der Waals surface area contributed by atoms with E-state index in [1.807, 2.05) is 13.0 Å². The Kier molecular flexibility index (Phi) is 8.73. The van der Waals surface area contributed by atoms with E-state index in [-0.39, 0.29) is 17.0 Å². The van der Waals surface area contributed by atoms with E-state index in [0.29, 0.717) is 40.1 Å². The number of nitrogens with one attached hydrogen (secondary N) is 2. The molecule has 0 aromatic heterocycles. The molecule has 8 nitrogen and oxygen atoms in total. The monoisotopic (exact) mass is 544 g/mol. The molecule has 1 atom stereocenters. The number of carboxylic acid groups (broad SMARTS) is 1. The second-order valence-electron chi connectivity index (χ2n) is 8.57. The fourth-order valence-electron chi connectivity index (χ4n) is 4.16. The van der Waals surface area contributed by atoms with Crippen molar-refractivity contribution in [2.75, 3.05) is 24.9 Å². The highest BCUT2D eigenvalue weighted by Gasteiger charge is 2.21. The predicted molar refractivity (Wildman–Crippen MR) is 153 cm³/mol. The van der Waals surface area contributed by atoms with Crippen LogP contribution >= 0.6 is 11.8 Å². The molecule has 39 heavy (non-hydrogen) atoms. The topological polar surface area (TPSA) is 114 Å². The van der Waals surface area contributed by atoms with Gasteiger partial charge in [0.15, 0.2) is 0 Å². The second kappa shape index (κ2) is 12.4. The number of carbonyl (C=O) groups is 3. The Labute approximate surface area is 230 Å². The third-order valence-corrected chi connectivity index (χ3v) is 7.44. The molecule has 0 radical (unpaired) electrons. The molecule has 4 aromatic rings. The Hall–Kier alpha value is -4.50. The summed E-state index contributed by atoms with van der Waals surface area (Å²) in [5.74, 6) is -0.597. The first kappa shape index (κ1) is 27.5. The minimum atomic E-state index is -1.10. The number of ether oxygens (including phenoxy) is 2. The SMILES string of the molecule is CCC(Sc1cccc(NC(=O)c2cccc3cccc(C(=O)O)c23)c1)C(=O)Nc1ccc(OC)cc1OC. The van der Waals surface area contributed by atoms with E-state index >= 15 is 0 Å². The van der Waals surface area contributed by atoms with Gasteiger partial charge in [-0.15, -0.1) is 11.8 Å². The van der Waals surface area contributed by atoms with Gasteiger partial charge in [0.2, 0.25) is 5.91 Å². The van der Waals surface area contributed by atoms with Gasteiger partial charge in [0.1, 0.15) is 11.5 Å². The van der Waals surface area contributed by atoms with E-state index in [4.69, 9.17) is 9.47 Å². The van der Waals surface area contributed by atoms with Crippen LogP contribution in [0, 0.1) is 0 Å². The standard InChI is InChI=1S/C30H28N2O6S/c1-4-26(29(34)32-24-15-14-20(37-2)17-25(24)38-3)39-21-11-7-10-19(16-21)31-28(33)22-12-5-8-18-9-6-13-23(27(18)22)30(35)36/h5-17,26H,4H2,1-3H3,(H,31,33)(H,32,34)(H,35,36). The number of methoxy groups -OCH3 is 2. The quantitative estimate of drug-likeness (QED) is 0.200. The average molecular weight is 545 g/mol. The van der Waals surface area contributed by atoms with Crippen molar-refractivity contribution in [2.45, 2.75) is 23.5 Å². The maximum Gasteiger partial charge on any atom is 0.336 e. The minimum absolute atomic E-state index is 0.0628. The number of aromatic carboxylic acids is 1. The number of carboxylic acids is 1. The second-order valence-corrected chi connectivity index (χ2v) is 9.84. The first-order valence-electron chi connectivity index (χ1n) is 12.2. The van der Waals surface area contributed by atoms with E-state index in [1.165, 1.54) is 24.9 Å². The molecule has 0 spiro atoms. The van der Waals surface area contributed by atoms with E-state index in [0.717, 1.165) is 4.90 Å². The number of anilines is 2. The normalized spacial score (nSPS) is 11.5. The lowest BCUT2D eigenvalue weighted by molar-refractivity contribution is -0.115. The smallest absolute Gasteiger partial charge is 0.336 e. The number of hydrogen-bond acceptors (Lipinski definition) is 6. The van der Waals surface area contributed by atoms with Crippen LogP contribution in [0.15, 0.2) is 83.8 Å². The summed E-state index contributed by atoms with van der Waals surface area (Å²) in [5, 5.41) is 16.1. The van der Waals surface area contributed by atoms with Crippen molar-refractivity contribution in [3.05, 3.63) is 90.0 Å². The zero-order valence-electron chi connectivity index (χ0n) is 21.7. The third kappa shape index (κ3) is 6.32. The van der Waals surface area contributed by atoms with Gasteiger partial charge in [0, 0.05) is 27.6 Å². The molecule has 3 N–H and O–H groups in total. The number of benzene rings is 4. The van der Waals surface area contributed by atoms with Crippen molar-refractivity contribution >= 4 is 51.7 Å². The summed E-state index contributed by atoms with van der Waals surface area (Å²) < 4.78 is 10.6. The van der Waals surface area contributed by atoms with E-state index in [2.05, 4.69) is 10.6 Å². The Morgan fingerprint density at radius 2 is 1.59 bits per heavy atom. The van der Waals surface area contributed by atoms with Gasteiger partial charge in [-0.1, -0.05) is 37.3 Å². The Morgan fingerprint density at radius 1 is 0.872 bits per heavy atom. The molecule has 9 heteroatoms. The lowest BCUT2D eigenvalue weighted by Crippen LogP contribution is -2.24. The molecule has 0 aliphatic carbocycles. The lowest BCUT2D eigenvalue weighted by Gasteiger charge is -2.17. The van der Waals surface area contributed by atoms with Crippen LogP contribution in [0.25, 0.3) is 10.8 Å². The molecule has 0 saturated carbocycles. The van der Waals surface area contributed by atoms with Crippen molar-refractivity contribution in [1.82, 2.24) is 0 Å². The van der Waals surface area contributed by atoms with Gasteiger partial charge in [-0.3, -0.25) is 9.59 Å². The molecule has 0 saturated heterocycles. The van der Waals surface area contributed by atoms with Crippen LogP contribution in [0.1, 0.15) is 34.1 Å². The van der Waals surface area contributed by atoms with Crippen LogP contribution in [0.5, 0.6) is 11.5 Å². The molecular formula is C30H28N2O6S. The number of rotatable bonds is 10. The van der Waals surface area contributed by atoms with Crippen molar-refractivity contribution in [1.29, 1.82) is 0 Å². The molecule has 0 fully saturated rings. The van der Waals surface area contributed by atoms with Gasteiger partial charge in [0.05, 0.1) is 30.7 Å². The van der Waals surface area contributed by atoms with E-state index in [9.17, 15) is 19.5 Å². The number of thioether (sulfide) groups is 1. The molecule has 1 unspecified atom stereocenters. The molecule has 2 amide bonds. The molecule has 0 aliphatic rings. The predicted octanol–water partition coefficient (Wildman–Crippen LogP) is 6.32. The third-order valence-electron chi connectivity index (χ3n) is 6.08. The Morgan fingerprint density at radius 3 is 2.26 bits per heavy atom. The summed E-state index contributed by atoms with van der Waals surface area (Å²) in [7, 11) is 3.08. The molecule has 0 heterocycles. The van der Waals surface area contributed by atoms with Gasteiger partial charge in [0.25, 0.3) is 5.91 Å². The number of fused-ring (bicyclic) bond motifs is 1. The largest absolute Gasteiger partial charge is 0.497 e. The highest BCUT2D eigenvalue weighted by molar-refractivity contribution is 8.00. The van der Waals surface area contributed by atoms with Gasteiger partial charge < -0.3 is 25.2 Å². The van der Waals surface area contributed by atoms with Crippen molar-refractivity contribution < 1.29 is 29.0 Å². The van der Waals surface area contributed by atoms with Crippen molar-refractivity contribution in [3.63, 3.8) is 0 Å². The van der Waals surface area contributed by atoms with Gasteiger partial charge >= 0.3 is 5.97 Å². The van der Waals surface area contributed by atoms with Crippen LogP contribution in [0.2, 0.25) is 0 Å². The fraction of sp³-hybridized carbons (Fsp3) is 0.167. The van der Waals surface area contributed by atoms with Crippen LogP contribution in [-0.2, 0) is 4.79 Å². The lowest BCUT2D eigenvalue weighted by atomic mass is 9.98. The minimum Gasteiger partial charge on any atom is -0.497 e. The Balaban J connectivity index is 1.51. The van der Waals surface area contributed by atoms with Crippen LogP contribution < -0.4 is 20.1 Å². The molecule has 4 aromatic carbocycles. The molecule has 4 rings (SSSR count). The molecule has 0 bridgehead atoms. The average Bonchev–Trinajstić information content (AvgIpc) is 2.95. The van der Waals surface area contributed by atoms with Gasteiger partial charge in [-0.05, 0) is 54.3 Å². The van der Waals surface area contributed by atoms with Gasteiger partial charge in [-0.2, -0.15) is 0 Å². The Bertz CT molecular complexity index is 1530. The molecule has 200 valence electrons. The highest BCUT2D eigenvalue weighted by Crippen LogP contribution is 2.32. The molecule has 0 aliphatic heterocycles. The van der Waals surface area contributed by atoms with Crippen molar-refractivity contribution in [3.8, 4) is 11.5 Å². The van der Waals surface area contributed by atoms with E-state index < -0.39 is 17.1 Å². The summed E-state index contributed by atoms with van der Waals surface area (Å²) in [6.45, 7) is 1.93.